The molecule has 6 nitrogen and oxygen atoms in total. The van der Waals surface area contributed by atoms with Crippen LogP contribution in [0.5, 0.6) is 0 Å². The summed E-state index contributed by atoms with van der Waals surface area (Å²) in [6, 6.07) is 14.3. The van der Waals surface area contributed by atoms with E-state index in [-0.39, 0.29) is 4.90 Å². The van der Waals surface area contributed by atoms with E-state index >= 15 is 0 Å². The van der Waals surface area contributed by atoms with Crippen molar-refractivity contribution in [3.63, 3.8) is 0 Å². The Kier molecular flexibility index (Phi) is 5.69. The van der Waals surface area contributed by atoms with Crippen molar-refractivity contribution in [2.45, 2.75) is 24.8 Å². The van der Waals surface area contributed by atoms with Gasteiger partial charge < -0.3 is 5.32 Å². The number of carbonyl (C=O) groups is 1. The van der Waals surface area contributed by atoms with E-state index in [1.54, 1.807) is 41.7 Å². The first-order valence-electron chi connectivity index (χ1n) is 8.26. The third-order valence-electron chi connectivity index (χ3n) is 3.85. The number of amides is 1. The van der Waals surface area contributed by atoms with E-state index in [0.29, 0.717) is 5.69 Å². The van der Waals surface area contributed by atoms with E-state index in [0.717, 1.165) is 16.3 Å². The second-order valence-electron chi connectivity index (χ2n) is 5.97. The second-order valence-corrected chi connectivity index (χ2v) is 8.75. The molecular formula is C19H19N3O3S2. The Bertz CT molecular complexity index is 1030. The minimum absolute atomic E-state index is 0.118. The number of thiazole rings is 1. The minimum atomic E-state index is -3.76. The van der Waals surface area contributed by atoms with Crippen molar-refractivity contribution in [1.29, 1.82) is 0 Å². The molecule has 3 rings (SSSR count). The van der Waals surface area contributed by atoms with E-state index in [1.807, 2.05) is 24.4 Å². The molecule has 0 spiro atoms. The Morgan fingerprint density at radius 3 is 2.33 bits per heavy atom. The monoisotopic (exact) mass is 401 g/mol. The first-order chi connectivity index (χ1) is 12.8. The molecule has 1 aromatic heterocycles. The van der Waals surface area contributed by atoms with Crippen molar-refractivity contribution in [2.24, 2.45) is 0 Å². The molecule has 27 heavy (non-hydrogen) atoms. The highest BCUT2D eigenvalue weighted by Gasteiger charge is 2.21. The topological polar surface area (TPSA) is 88.2 Å². The van der Waals surface area contributed by atoms with Crippen LogP contribution in [0.4, 0.5) is 5.69 Å². The van der Waals surface area contributed by atoms with Gasteiger partial charge in [0.05, 0.1) is 21.6 Å². The fourth-order valence-electron chi connectivity index (χ4n) is 2.42. The van der Waals surface area contributed by atoms with E-state index in [2.05, 4.69) is 15.0 Å². The average molecular weight is 402 g/mol. The van der Waals surface area contributed by atoms with Gasteiger partial charge in [0.2, 0.25) is 15.9 Å². The molecule has 2 aromatic carbocycles. The van der Waals surface area contributed by atoms with Crippen molar-refractivity contribution >= 4 is 33.0 Å². The third kappa shape index (κ3) is 4.79. The summed E-state index contributed by atoms with van der Waals surface area (Å²) in [6.07, 6.45) is 0. The van der Waals surface area contributed by atoms with Crippen LogP contribution in [0.15, 0.2) is 64.9 Å². The smallest absolute Gasteiger partial charge is 0.242 e. The Balaban J connectivity index is 1.64. The summed E-state index contributed by atoms with van der Waals surface area (Å²) >= 11 is 1.58. The summed E-state index contributed by atoms with van der Waals surface area (Å²) in [7, 11) is -3.76. The van der Waals surface area contributed by atoms with Gasteiger partial charge in [-0.05, 0) is 38.1 Å². The molecule has 0 aliphatic carbocycles. The summed E-state index contributed by atoms with van der Waals surface area (Å²) in [5, 5.41) is 5.68. The van der Waals surface area contributed by atoms with Gasteiger partial charge in [-0.15, -0.1) is 11.3 Å². The molecule has 2 N–H and O–H groups in total. The number of hydrogen-bond acceptors (Lipinski definition) is 5. The Hall–Kier alpha value is -2.55. The maximum absolute atomic E-state index is 12.3. The van der Waals surface area contributed by atoms with Crippen LogP contribution >= 0.6 is 11.3 Å². The fraction of sp³-hybridized carbons (Fsp3) is 0.158. The molecule has 0 aliphatic heterocycles. The van der Waals surface area contributed by atoms with Crippen molar-refractivity contribution in [3.05, 3.63) is 65.0 Å². The van der Waals surface area contributed by atoms with Crippen LogP contribution in [0.2, 0.25) is 0 Å². The Morgan fingerprint density at radius 1 is 1.07 bits per heavy atom. The van der Waals surface area contributed by atoms with Crippen molar-refractivity contribution in [3.8, 4) is 11.3 Å². The summed E-state index contributed by atoms with van der Waals surface area (Å²) in [5.41, 5.74) is 2.43. The van der Waals surface area contributed by atoms with Crippen molar-refractivity contribution in [2.75, 3.05) is 5.32 Å². The lowest BCUT2D eigenvalue weighted by atomic mass is 10.1. The van der Waals surface area contributed by atoms with Crippen LogP contribution < -0.4 is 10.0 Å². The number of carbonyl (C=O) groups excluding carboxylic acids is 1. The number of hydrogen-bond donors (Lipinski definition) is 2. The first kappa shape index (κ1) is 19.2. The van der Waals surface area contributed by atoms with Gasteiger partial charge in [0.1, 0.15) is 0 Å². The summed E-state index contributed by atoms with van der Waals surface area (Å²) in [4.78, 5) is 16.9. The van der Waals surface area contributed by atoms with Crippen LogP contribution in [0.25, 0.3) is 11.3 Å². The fourth-order valence-corrected chi connectivity index (χ4v) is 4.27. The molecule has 3 aromatic rings. The van der Waals surface area contributed by atoms with E-state index in [1.165, 1.54) is 19.1 Å². The number of benzene rings is 2. The average Bonchev–Trinajstić information content (AvgIpc) is 3.09. The maximum atomic E-state index is 12.3. The number of nitrogens with one attached hydrogen (secondary N) is 2. The number of rotatable bonds is 6. The lowest BCUT2D eigenvalue weighted by Gasteiger charge is -2.14. The number of sulfonamides is 1. The molecule has 1 heterocycles. The van der Waals surface area contributed by atoms with Gasteiger partial charge in [0.25, 0.3) is 0 Å². The third-order valence-corrected chi connectivity index (χ3v) is 6.18. The van der Waals surface area contributed by atoms with E-state index < -0.39 is 22.0 Å². The molecule has 0 bridgehead atoms. The zero-order valence-electron chi connectivity index (χ0n) is 14.8. The van der Waals surface area contributed by atoms with Gasteiger partial charge in [0, 0.05) is 16.6 Å². The SMILES string of the molecule is Cc1nc(-c2ccc(NC(=O)[C@H](C)NS(=O)(=O)c3ccccc3)cc2)cs1. The number of aromatic nitrogens is 1. The number of anilines is 1. The highest BCUT2D eigenvalue weighted by atomic mass is 32.2. The van der Waals surface area contributed by atoms with Crippen LogP contribution in [0.3, 0.4) is 0 Å². The summed E-state index contributed by atoms with van der Waals surface area (Å²) in [5.74, 6) is -0.438. The second kappa shape index (κ2) is 7.99. The van der Waals surface area contributed by atoms with Crippen LogP contribution in [-0.2, 0) is 14.8 Å². The van der Waals surface area contributed by atoms with Gasteiger partial charge in [-0.25, -0.2) is 13.4 Å². The summed E-state index contributed by atoms with van der Waals surface area (Å²) < 4.78 is 27.0. The molecule has 1 amide bonds. The standard InChI is InChI=1S/C19H19N3O3S2/c1-13(22-27(24,25)17-6-4-3-5-7-17)19(23)21-16-10-8-15(9-11-16)18-12-26-14(2)20-18/h3-13,22H,1-2H3,(H,21,23)/t13-/m0/s1. The van der Waals surface area contributed by atoms with E-state index in [4.69, 9.17) is 0 Å². The molecule has 140 valence electrons. The predicted octanol–water partition coefficient (Wildman–Crippen LogP) is 3.42. The molecular weight excluding hydrogens is 382 g/mol. The van der Waals surface area contributed by atoms with Gasteiger partial charge in [-0.1, -0.05) is 30.3 Å². The molecule has 0 radical (unpaired) electrons. The highest BCUT2D eigenvalue weighted by molar-refractivity contribution is 7.89. The van der Waals surface area contributed by atoms with Gasteiger partial charge >= 0.3 is 0 Å². The van der Waals surface area contributed by atoms with Crippen LogP contribution in [0, 0.1) is 6.92 Å². The van der Waals surface area contributed by atoms with E-state index in [9.17, 15) is 13.2 Å². The van der Waals surface area contributed by atoms with Gasteiger partial charge in [-0.2, -0.15) is 4.72 Å². The normalized spacial score (nSPS) is 12.5. The molecule has 0 unspecified atom stereocenters. The first-order valence-corrected chi connectivity index (χ1v) is 10.6. The molecule has 8 heteroatoms. The quantitative estimate of drug-likeness (QED) is 0.662. The Labute approximate surface area is 162 Å². The van der Waals surface area contributed by atoms with Crippen LogP contribution in [0.1, 0.15) is 11.9 Å². The summed E-state index contributed by atoms with van der Waals surface area (Å²) in [6.45, 7) is 3.45. The minimum Gasteiger partial charge on any atom is -0.325 e. The molecule has 0 saturated heterocycles. The lowest BCUT2D eigenvalue weighted by molar-refractivity contribution is -0.117. The molecule has 0 saturated carbocycles. The molecule has 0 fully saturated rings. The Morgan fingerprint density at radius 2 is 1.74 bits per heavy atom. The van der Waals surface area contributed by atoms with Gasteiger partial charge in [-0.3, -0.25) is 4.79 Å². The largest absolute Gasteiger partial charge is 0.325 e. The number of aryl methyl sites for hydroxylation is 1. The van der Waals surface area contributed by atoms with Crippen molar-refractivity contribution in [1.82, 2.24) is 9.71 Å². The zero-order chi connectivity index (χ0) is 19.4. The number of nitrogens with zero attached hydrogens (tertiary/aromatic N) is 1. The maximum Gasteiger partial charge on any atom is 0.242 e. The molecule has 0 aliphatic rings. The molecule has 1 atom stereocenters. The lowest BCUT2D eigenvalue weighted by Crippen LogP contribution is -2.41. The van der Waals surface area contributed by atoms with Crippen molar-refractivity contribution < 1.29 is 13.2 Å². The van der Waals surface area contributed by atoms with Crippen LogP contribution in [-0.4, -0.2) is 25.4 Å². The van der Waals surface area contributed by atoms with Gasteiger partial charge in [0.15, 0.2) is 0 Å². The predicted molar refractivity (Wildman–Crippen MR) is 107 cm³/mol. The zero-order valence-corrected chi connectivity index (χ0v) is 16.5. The highest BCUT2D eigenvalue weighted by Crippen LogP contribution is 2.23.